The molecule has 2 aromatic heterocycles. The number of nitrogens with one attached hydrogen (secondary N) is 1. The number of aryl methyl sites for hydroxylation is 1. The largest absolute Gasteiger partial charge is 0.436 e. The molecular weight excluding hydrogens is 442 g/mol. The summed E-state index contributed by atoms with van der Waals surface area (Å²) in [5.41, 5.74) is -1.13. The molecule has 2 heterocycles. The fourth-order valence-electron chi connectivity index (χ4n) is 2.46. The maximum Gasteiger partial charge on any atom is 0.436 e. The van der Waals surface area contributed by atoms with Crippen molar-refractivity contribution < 1.29 is 18.0 Å². The maximum absolute atomic E-state index is 12.9. The van der Waals surface area contributed by atoms with Gasteiger partial charge in [0.2, 0.25) is 0 Å². The minimum atomic E-state index is -4.77. The molecule has 0 unspecified atom stereocenters. The Kier molecular flexibility index (Phi) is 5.60. The van der Waals surface area contributed by atoms with Gasteiger partial charge in [0.15, 0.2) is 11.5 Å². The molecule has 148 valence electrons. The van der Waals surface area contributed by atoms with Crippen LogP contribution in [0.15, 0.2) is 30.5 Å². The smallest absolute Gasteiger partial charge is 0.304 e. The Morgan fingerprint density at radius 1 is 1.14 bits per heavy atom. The molecule has 0 aliphatic heterocycles. The number of nitrogens with zero attached hydrogens (tertiary/aromatic N) is 4. The number of halogens is 6. The molecule has 1 N–H and O–H groups in total. The summed E-state index contributed by atoms with van der Waals surface area (Å²) in [5.74, 6) is -0.768. The molecule has 3 rings (SSSR count). The zero-order valence-corrected chi connectivity index (χ0v) is 16.3. The first-order valence-corrected chi connectivity index (χ1v) is 8.78. The number of hydrogen-bond donors (Lipinski definition) is 1. The Balaban J connectivity index is 1.79. The number of anilines is 1. The van der Waals surface area contributed by atoms with E-state index in [1.165, 1.54) is 17.8 Å². The van der Waals surface area contributed by atoms with Crippen LogP contribution in [0.1, 0.15) is 21.7 Å². The first-order chi connectivity index (χ1) is 13.1. The number of rotatable bonds is 4. The molecule has 0 bridgehead atoms. The average molecular weight is 453 g/mol. The molecule has 28 heavy (non-hydrogen) atoms. The first kappa shape index (κ1) is 20.5. The molecule has 0 atom stereocenters. The van der Waals surface area contributed by atoms with Crippen LogP contribution in [0.3, 0.4) is 0 Å². The van der Waals surface area contributed by atoms with Crippen LogP contribution in [-0.2, 0) is 19.8 Å². The Labute approximate surface area is 171 Å². The van der Waals surface area contributed by atoms with Crippen molar-refractivity contribution in [2.75, 3.05) is 5.32 Å². The molecule has 1 aromatic carbocycles. The third-order valence-corrected chi connectivity index (χ3v) is 4.80. The van der Waals surface area contributed by atoms with E-state index >= 15 is 0 Å². The summed E-state index contributed by atoms with van der Waals surface area (Å²) in [6.07, 6.45) is -3.22. The standard InChI is InChI=1S/C16H11Cl3F3N5O/c1-26-13(12(19)14(25-26)16(20,21)22)15(28)23-11-5-6-27(24-11)7-8-9(17)3-2-4-10(8)18/h2-6H,7H2,1H3,(H,23,24,28). The van der Waals surface area contributed by atoms with Crippen LogP contribution < -0.4 is 5.32 Å². The molecule has 0 saturated carbocycles. The predicted molar refractivity (Wildman–Crippen MR) is 99.0 cm³/mol. The van der Waals surface area contributed by atoms with Gasteiger partial charge >= 0.3 is 6.18 Å². The number of aromatic nitrogens is 4. The minimum absolute atomic E-state index is 0.110. The second kappa shape index (κ2) is 7.65. The summed E-state index contributed by atoms with van der Waals surface area (Å²) in [6.45, 7) is 0.235. The van der Waals surface area contributed by atoms with E-state index in [-0.39, 0.29) is 12.4 Å². The van der Waals surface area contributed by atoms with Crippen LogP contribution in [0.25, 0.3) is 0 Å². The van der Waals surface area contributed by atoms with Crippen LogP contribution in [0, 0.1) is 0 Å². The van der Waals surface area contributed by atoms with Crippen molar-refractivity contribution in [2.45, 2.75) is 12.7 Å². The van der Waals surface area contributed by atoms with Crippen molar-refractivity contribution in [3.63, 3.8) is 0 Å². The van der Waals surface area contributed by atoms with Gasteiger partial charge in [-0.05, 0) is 12.1 Å². The van der Waals surface area contributed by atoms with E-state index in [4.69, 9.17) is 34.8 Å². The Hall–Kier alpha value is -2.23. The number of benzene rings is 1. The van der Waals surface area contributed by atoms with Gasteiger partial charge in [-0.2, -0.15) is 23.4 Å². The number of carbonyl (C=O) groups excluding carboxylic acids is 1. The van der Waals surface area contributed by atoms with Crippen LogP contribution in [0.5, 0.6) is 0 Å². The van der Waals surface area contributed by atoms with Crippen molar-refractivity contribution in [1.29, 1.82) is 0 Å². The highest BCUT2D eigenvalue weighted by molar-refractivity contribution is 6.36. The zero-order chi connectivity index (χ0) is 20.6. The average Bonchev–Trinajstić information content (AvgIpc) is 3.14. The maximum atomic E-state index is 12.9. The van der Waals surface area contributed by atoms with Crippen molar-refractivity contribution in [2.24, 2.45) is 7.05 Å². The van der Waals surface area contributed by atoms with Gasteiger partial charge in [-0.15, -0.1) is 0 Å². The number of amides is 1. The molecule has 3 aromatic rings. The van der Waals surface area contributed by atoms with Crippen LogP contribution in [-0.4, -0.2) is 25.5 Å². The van der Waals surface area contributed by atoms with Gasteiger partial charge in [-0.3, -0.25) is 14.2 Å². The quantitative estimate of drug-likeness (QED) is 0.613. The topological polar surface area (TPSA) is 64.7 Å². The van der Waals surface area contributed by atoms with E-state index < -0.39 is 28.5 Å². The van der Waals surface area contributed by atoms with E-state index in [2.05, 4.69) is 15.5 Å². The lowest BCUT2D eigenvalue weighted by atomic mass is 10.2. The highest BCUT2D eigenvalue weighted by Gasteiger charge is 2.39. The number of carbonyl (C=O) groups is 1. The molecule has 0 aliphatic rings. The number of hydrogen-bond acceptors (Lipinski definition) is 3. The normalized spacial score (nSPS) is 11.7. The van der Waals surface area contributed by atoms with E-state index in [1.54, 1.807) is 24.4 Å². The summed E-state index contributed by atoms with van der Waals surface area (Å²) in [5, 5.41) is 9.92. The van der Waals surface area contributed by atoms with Gasteiger partial charge in [-0.25, -0.2) is 0 Å². The van der Waals surface area contributed by atoms with Gasteiger partial charge in [-0.1, -0.05) is 40.9 Å². The van der Waals surface area contributed by atoms with Gasteiger partial charge in [0.05, 0.1) is 6.54 Å². The van der Waals surface area contributed by atoms with Crippen molar-refractivity contribution in [3.8, 4) is 0 Å². The lowest BCUT2D eigenvalue weighted by Crippen LogP contribution is -2.17. The lowest BCUT2D eigenvalue weighted by Gasteiger charge is -2.07. The zero-order valence-electron chi connectivity index (χ0n) is 14.1. The summed E-state index contributed by atoms with van der Waals surface area (Å²) in [4.78, 5) is 12.4. The molecule has 0 saturated heterocycles. The summed E-state index contributed by atoms with van der Waals surface area (Å²) in [6, 6.07) is 6.53. The molecule has 0 aliphatic carbocycles. The highest BCUT2D eigenvalue weighted by atomic mass is 35.5. The third-order valence-electron chi connectivity index (χ3n) is 3.74. The van der Waals surface area contributed by atoms with Crippen LogP contribution in [0.2, 0.25) is 15.1 Å². The first-order valence-electron chi connectivity index (χ1n) is 7.65. The molecular formula is C16H11Cl3F3N5O. The fraction of sp³-hybridized carbons (Fsp3) is 0.188. The lowest BCUT2D eigenvalue weighted by molar-refractivity contribution is -0.141. The predicted octanol–water partition coefficient (Wildman–Crippen LogP) is 4.90. The summed E-state index contributed by atoms with van der Waals surface area (Å²) >= 11 is 17.9. The Morgan fingerprint density at radius 2 is 1.79 bits per heavy atom. The monoisotopic (exact) mass is 451 g/mol. The van der Waals surface area contributed by atoms with Crippen LogP contribution >= 0.6 is 34.8 Å². The molecule has 12 heteroatoms. The van der Waals surface area contributed by atoms with Crippen molar-refractivity contribution in [1.82, 2.24) is 19.6 Å². The summed E-state index contributed by atoms with van der Waals surface area (Å²) in [7, 11) is 1.19. The van der Waals surface area contributed by atoms with E-state index in [0.717, 1.165) is 4.68 Å². The van der Waals surface area contributed by atoms with Crippen molar-refractivity contribution >= 4 is 46.5 Å². The Morgan fingerprint density at radius 3 is 2.36 bits per heavy atom. The highest BCUT2D eigenvalue weighted by Crippen LogP contribution is 2.35. The van der Waals surface area contributed by atoms with Gasteiger partial charge in [0, 0.05) is 34.9 Å². The molecule has 0 spiro atoms. The van der Waals surface area contributed by atoms with Crippen molar-refractivity contribution in [3.05, 3.63) is 62.5 Å². The minimum Gasteiger partial charge on any atom is -0.304 e. The van der Waals surface area contributed by atoms with E-state index in [0.29, 0.717) is 15.6 Å². The molecule has 0 radical (unpaired) electrons. The fourth-order valence-corrected chi connectivity index (χ4v) is 3.33. The molecule has 6 nitrogen and oxygen atoms in total. The van der Waals surface area contributed by atoms with E-state index in [1.807, 2.05) is 0 Å². The van der Waals surface area contributed by atoms with Gasteiger partial charge in [0.25, 0.3) is 5.91 Å². The number of alkyl halides is 3. The third kappa shape index (κ3) is 4.11. The van der Waals surface area contributed by atoms with Crippen LogP contribution in [0.4, 0.5) is 19.0 Å². The second-order valence-corrected chi connectivity index (χ2v) is 6.88. The Bertz CT molecular complexity index is 1020. The molecule has 1 amide bonds. The van der Waals surface area contributed by atoms with Gasteiger partial charge in [0.1, 0.15) is 10.7 Å². The second-order valence-electron chi connectivity index (χ2n) is 5.69. The van der Waals surface area contributed by atoms with E-state index in [9.17, 15) is 18.0 Å². The van der Waals surface area contributed by atoms with Gasteiger partial charge < -0.3 is 5.32 Å². The SMILES string of the molecule is Cn1nc(C(F)(F)F)c(Cl)c1C(=O)Nc1ccn(Cc2c(Cl)cccc2Cl)n1. The molecule has 0 fully saturated rings. The summed E-state index contributed by atoms with van der Waals surface area (Å²) < 4.78 is 40.9.